The Balaban J connectivity index is 1.72. The van der Waals surface area contributed by atoms with E-state index in [4.69, 9.17) is 16.3 Å². The van der Waals surface area contributed by atoms with Crippen LogP contribution in [-0.4, -0.2) is 40.3 Å². The number of sulfonamides is 1. The lowest BCUT2D eigenvalue weighted by Gasteiger charge is -2.23. The summed E-state index contributed by atoms with van der Waals surface area (Å²) in [6.07, 6.45) is 3.87. The van der Waals surface area contributed by atoms with Crippen LogP contribution in [0.1, 0.15) is 31.7 Å². The monoisotopic (exact) mass is 452 g/mol. The molecule has 0 unspecified atom stereocenters. The highest BCUT2D eigenvalue weighted by Gasteiger charge is 2.19. The highest BCUT2D eigenvalue weighted by molar-refractivity contribution is 7.92. The minimum absolute atomic E-state index is 0.149. The Morgan fingerprint density at radius 1 is 1.13 bits per heavy atom. The molecule has 0 aliphatic heterocycles. The van der Waals surface area contributed by atoms with Crippen LogP contribution in [0.3, 0.4) is 0 Å². The van der Waals surface area contributed by atoms with Crippen molar-refractivity contribution in [1.82, 2.24) is 5.32 Å². The SMILES string of the molecule is CCCc1ccc(OCCNC(=O)CCCN(c2ccccc2Cl)S(C)(=O)=O)cc1. The van der Waals surface area contributed by atoms with E-state index in [2.05, 4.69) is 12.2 Å². The van der Waals surface area contributed by atoms with Gasteiger partial charge in [0.05, 0.1) is 23.5 Å². The molecule has 0 fully saturated rings. The summed E-state index contributed by atoms with van der Waals surface area (Å²) in [6.45, 7) is 3.07. The van der Waals surface area contributed by atoms with Gasteiger partial charge >= 0.3 is 0 Å². The molecule has 30 heavy (non-hydrogen) atoms. The Hall–Kier alpha value is -2.25. The van der Waals surface area contributed by atoms with Crippen molar-refractivity contribution in [2.24, 2.45) is 0 Å². The van der Waals surface area contributed by atoms with Crippen molar-refractivity contribution in [3.8, 4) is 5.75 Å². The summed E-state index contributed by atoms with van der Waals surface area (Å²) in [5.41, 5.74) is 1.69. The molecule has 2 rings (SSSR count). The second kappa shape index (κ2) is 11.8. The molecular weight excluding hydrogens is 424 g/mol. The maximum atomic E-state index is 12.1. The number of para-hydroxylation sites is 1. The molecule has 0 heterocycles. The van der Waals surface area contributed by atoms with Gasteiger partial charge in [-0.2, -0.15) is 0 Å². The van der Waals surface area contributed by atoms with E-state index >= 15 is 0 Å². The largest absolute Gasteiger partial charge is 0.492 e. The average Bonchev–Trinajstić information content (AvgIpc) is 2.70. The van der Waals surface area contributed by atoms with Crippen LogP contribution >= 0.6 is 11.6 Å². The van der Waals surface area contributed by atoms with Gasteiger partial charge in [0, 0.05) is 13.0 Å². The molecule has 0 saturated heterocycles. The van der Waals surface area contributed by atoms with Gasteiger partial charge in [-0.1, -0.05) is 49.2 Å². The fraction of sp³-hybridized carbons (Fsp3) is 0.409. The number of rotatable bonds is 12. The smallest absolute Gasteiger partial charge is 0.232 e. The van der Waals surface area contributed by atoms with Crippen molar-refractivity contribution in [3.05, 3.63) is 59.1 Å². The summed E-state index contributed by atoms with van der Waals surface area (Å²) in [5, 5.41) is 3.14. The van der Waals surface area contributed by atoms with E-state index in [1.807, 2.05) is 24.3 Å². The number of aryl methyl sites for hydroxylation is 1. The first-order chi connectivity index (χ1) is 14.3. The molecule has 0 aromatic heterocycles. The summed E-state index contributed by atoms with van der Waals surface area (Å²) in [6, 6.07) is 14.7. The standard InChI is InChI=1S/C22H29ClN2O4S/c1-3-7-18-11-13-19(14-12-18)29-17-15-24-22(26)10-6-16-25(30(2,27)28)21-9-5-4-8-20(21)23/h4-5,8-9,11-14H,3,6-7,10,15-17H2,1-2H3,(H,24,26). The number of amides is 1. The van der Waals surface area contributed by atoms with E-state index in [0.717, 1.165) is 24.8 Å². The first kappa shape index (κ1) is 24.0. The van der Waals surface area contributed by atoms with Crippen molar-refractivity contribution in [2.45, 2.75) is 32.6 Å². The van der Waals surface area contributed by atoms with Gasteiger partial charge in [0.15, 0.2) is 0 Å². The van der Waals surface area contributed by atoms with Gasteiger partial charge in [0.1, 0.15) is 12.4 Å². The number of hydrogen-bond donors (Lipinski definition) is 1. The molecule has 6 nitrogen and oxygen atoms in total. The van der Waals surface area contributed by atoms with E-state index in [1.54, 1.807) is 24.3 Å². The molecule has 0 bridgehead atoms. The van der Waals surface area contributed by atoms with E-state index in [0.29, 0.717) is 30.3 Å². The van der Waals surface area contributed by atoms with Crippen molar-refractivity contribution in [1.29, 1.82) is 0 Å². The normalized spacial score (nSPS) is 11.2. The summed E-state index contributed by atoms with van der Waals surface area (Å²) in [7, 11) is -3.50. The third-order valence-electron chi connectivity index (χ3n) is 4.44. The number of carbonyl (C=O) groups excluding carboxylic acids is 1. The highest BCUT2D eigenvalue weighted by Crippen LogP contribution is 2.27. The topological polar surface area (TPSA) is 75.7 Å². The van der Waals surface area contributed by atoms with Crippen molar-refractivity contribution in [3.63, 3.8) is 0 Å². The number of carbonyl (C=O) groups is 1. The second-order valence-electron chi connectivity index (χ2n) is 6.98. The Labute approximate surface area is 184 Å². The molecular formula is C22H29ClN2O4S. The molecule has 0 atom stereocenters. The number of nitrogens with zero attached hydrogens (tertiary/aromatic N) is 1. The third kappa shape index (κ3) is 7.88. The molecule has 0 radical (unpaired) electrons. The fourth-order valence-electron chi connectivity index (χ4n) is 2.99. The Morgan fingerprint density at radius 3 is 2.47 bits per heavy atom. The number of halogens is 1. The molecule has 0 spiro atoms. The molecule has 0 saturated carbocycles. The maximum absolute atomic E-state index is 12.1. The number of hydrogen-bond acceptors (Lipinski definition) is 4. The van der Waals surface area contributed by atoms with Gasteiger partial charge in [-0.15, -0.1) is 0 Å². The van der Waals surface area contributed by atoms with E-state index in [9.17, 15) is 13.2 Å². The van der Waals surface area contributed by atoms with Crippen LogP contribution in [0.5, 0.6) is 5.75 Å². The van der Waals surface area contributed by atoms with Crippen LogP contribution in [0, 0.1) is 0 Å². The quantitative estimate of drug-likeness (QED) is 0.493. The maximum Gasteiger partial charge on any atom is 0.232 e. The van der Waals surface area contributed by atoms with Gasteiger partial charge in [0.25, 0.3) is 0 Å². The molecule has 2 aromatic rings. The lowest BCUT2D eigenvalue weighted by molar-refractivity contribution is -0.121. The summed E-state index contributed by atoms with van der Waals surface area (Å²) in [4.78, 5) is 12.0. The molecule has 1 amide bonds. The first-order valence-corrected chi connectivity index (χ1v) is 12.2. The molecule has 8 heteroatoms. The molecule has 1 N–H and O–H groups in total. The molecule has 0 aliphatic carbocycles. The van der Waals surface area contributed by atoms with Crippen LogP contribution in [0.2, 0.25) is 5.02 Å². The van der Waals surface area contributed by atoms with Gasteiger partial charge in [-0.25, -0.2) is 8.42 Å². The number of anilines is 1. The van der Waals surface area contributed by atoms with Crippen molar-refractivity contribution < 1.29 is 17.9 Å². The predicted octanol–water partition coefficient (Wildman–Crippen LogP) is 4.03. The zero-order valence-corrected chi connectivity index (χ0v) is 19.0. The molecule has 0 aliphatic rings. The van der Waals surface area contributed by atoms with Crippen LogP contribution < -0.4 is 14.4 Å². The average molecular weight is 453 g/mol. The van der Waals surface area contributed by atoms with E-state index in [-0.39, 0.29) is 18.9 Å². The van der Waals surface area contributed by atoms with Gasteiger partial charge in [0.2, 0.25) is 15.9 Å². The third-order valence-corrected chi connectivity index (χ3v) is 5.94. The Kier molecular flexibility index (Phi) is 9.46. The fourth-order valence-corrected chi connectivity index (χ4v) is 4.26. The predicted molar refractivity (Wildman–Crippen MR) is 122 cm³/mol. The molecule has 164 valence electrons. The number of nitrogens with one attached hydrogen (secondary N) is 1. The van der Waals surface area contributed by atoms with E-state index < -0.39 is 10.0 Å². The zero-order chi connectivity index (χ0) is 22.0. The van der Waals surface area contributed by atoms with Gasteiger partial charge in [-0.3, -0.25) is 9.10 Å². The van der Waals surface area contributed by atoms with Crippen molar-refractivity contribution in [2.75, 3.05) is 30.3 Å². The minimum atomic E-state index is -3.50. The van der Waals surface area contributed by atoms with Crippen molar-refractivity contribution >= 4 is 33.2 Å². The number of ether oxygens (including phenoxy) is 1. The Morgan fingerprint density at radius 2 is 1.83 bits per heavy atom. The zero-order valence-electron chi connectivity index (χ0n) is 17.4. The lowest BCUT2D eigenvalue weighted by Crippen LogP contribution is -2.33. The second-order valence-corrected chi connectivity index (χ2v) is 9.30. The van der Waals surface area contributed by atoms with Crippen LogP contribution in [0.4, 0.5) is 5.69 Å². The van der Waals surface area contributed by atoms with Gasteiger partial charge < -0.3 is 10.1 Å². The first-order valence-electron chi connectivity index (χ1n) is 10.0. The minimum Gasteiger partial charge on any atom is -0.492 e. The van der Waals surface area contributed by atoms with E-state index in [1.165, 1.54) is 9.87 Å². The van der Waals surface area contributed by atoms with Crippen LogP contribution in [0.15, 0.2) is 48.5 Å². The summed E-state index contributed by atoms with van der Waals surface area (Å²) >= 11 is 6.13. The summed E-state index contributed by atoms with van der Waals surface area (Å²) < 4.78 is 31.1. The highest BCUT2D eigenvalue weighted by atomic mass is 35.5. The summed E-state index contributed by atoms with van der Waals surface area (Å²) in [5.74, 6) is 0.622. The van der Waals surface area contributed by atoms with Crippen LogP contribution in [0.25, 0.3) is 0 Å². The van der Waals surface area contributed by atoms with Gasteiger partial charge in [-0.05, 0) is 42.7 Å². The lowest BCUT2D eigenvalue weighted by atomic mass is 10.1. The Bertz CT molecular complexity index is 917. The molecule has 2 aromatic carbocycles. The number of benzene rings is 2. The van der Waals surface area contributed by atoms with Crippen LogP contribution in [-0.2, 0) is 21.2 Å².